The maximum Gasteiger partial charge on any atom is 0.166 e. The molecule has 0 amide bonds. The number of ether oxygens (including phenoxy) is 1. The second-order valence-corrected chi connectivity index (χ2v) is 3.98. The van der Waals surface area contributed by atoms with E-state index in [0.29, 0.717) is 5.11 Å². The molecule has 0 aromatic carbocycles. The molecule has 3 nitrogen and oxygen atoms in total. The molecule has 0 aliphatic carbocycles. The summed E-state index contributed by atoms with van der Waals surface area (Å²) in [4.78, 5) is 0. The van der Waals surface area contributed by atoms with Crippen LogP contribution in [0.25, 0.3) is 0 Å². The Balaban J connectivity index is 3.57. The Morgan fingerprint density at radius 3 is 2.46 bits per heavy atom. The van der Waals surface area contributed by atoms with Crippen molar-refractivity contribution in [2.75, 3.05) is 20.2 Å². The van der Waals surface area contributed by atoms with Gasteiger partial charge in [-0.05, 0) is 32.5 Å². The summed E-state index contributed by atoms with van der Waals surface area (Å²) in [6.07, 6.45) is 1.08. The summed E-state index contributed by atoms with van der Waals surface area (Å²) >= 11 is 5.06. The van der Waals surface area contributed by atoms with Crippen LogP contribution in [-0.2, 0) is 4.74 Å². The van der Waals surface area contributed by atoms with Crippen LogP contribution in [0.2, 0.25) is 0 Å². The first-order valence-electron chi connectivity index (χ1n) is 4.58. The summed E-state index contributed by atoms with van der Waals surface area (Å²) < 4.78 is 5.24. The van der Waals surface area contributed by atoms with Gasteiger partial charge in [0.05, 0.1) is 5.60 Å². The highest BCUT2D eigenvalue weighted by Gasteiger charge is 2.15. The Labute approximate surface area is 86.2 Å². The Hall–Kier alpha value is -0.350. The molecule has 4 heteroatoms. The van der Waals surface area contributed by atoms with Crippen molar-refractivity contribution >= 4 is 17.3 Å². The number of rotatable bonds is 5. The molecule has 0 saturated carbocycles. The smallest absolute Gasteiger partial charge is 0.166 e. The fourth-order valence-corrected chi connectivity index (χ4v) is 0.841. The van der Waals surface area contributed by atoms with Crippen molar-refractivity contribution in [1.29, 1.82) is 0 Å². The van der Waals surface area contributed by atoms with Crippen LogP contribution in [-0.4, -0.2) is 30.9 Å². The van der Waals surface area contributed by atoms with Crippen LogP contribution in [0.5, 0.6) is 0 Å². The summed E-state index contributed by atoms with van der Waals surface area (Å²) in [6, 6.07) is 0. The van der Waals surface area contributed by atoms with Gasteiger partial charge in [-0.2, -0.15) is 0 Å². The van der Waals surface area contributed by atoms with Gasteiger partial charge in [0.25, 0.3) is 0 Å². The summed E-state index contributed by atoms with van der Waals surface area (Å²) in [5.74, 6) is 0. The topological polar surface area (TPSA) is 33.3 Å². The van der Waals surface area contributed by atoms with Crippen LogP contribution < -0.4 is 10.6 Å². The van der Waals surface area contributed by atoms with Crippen molar-refractivity contribution in [3.63, 3.8) is 0 Å². The van der Waals surface area contributed by atoms with Crippen LogP contribution in [0.1, 0.15) is 27.2 Å². The SMILES string of the molecule is CCCNC(=S)NCC(C)(C)OC. The number of thiocarbonyl (C=S) groups is 1. The highest BCUT2D eigenvalue weighted by atomic mass is 32.1. The maximum atomic E-state index is 5.24. The van der Waals surface area contributed by atoms with Crippen LogP contribution >= 0.6 is 12.2 Å². The van der Waals surface area contributed by atoms with Crippen molar-refractivity contribution in [2.24, 2.45) is 0 Å². The van der Waals surface area contributed by atoms with Crippen molar-refractivity contribution in [3.05, 3.63) is 0 Å². The molecule has 78 valence electrons. The van der Waals surface area contributed by atoms with Crippen molar-refractivity contribution in [1.82, 2.24) is 10.6 Å². The molecular formula is C9H20N2OS. The second-order valence-electron chi connectivity index (χ2n) is 3.57. The summed E-state index contributed by atoms with van der Waals surface area (Å²) in [5, 5.41) is 6.90. The minimum Gasteiger partial charge on any atom is -0.377 e. The lowest BCUT2D eigenvalue weighted by Crippen LogP contribution is -2.44. The van der Waals surface area contributed by atoms with Crippen molar-refractivity contribution < 1.29 is 4.74 Å². The van der Waals surface area contributed by atoms with E-state index in [1.54, 1.807) is 7.11 Å². The van der Waals surface area contributed by atoms with Gasteiger partial charge < -0.3 is 15.4 Å². The van der Waals surface area contributed by atoms with Gasteiger partial charge >= 0.3 is 0 Å². The summed E-state index contributed by atoms with van der Waals surface area (Å²) in [5.41, 5.74) is -0.169. The van der Waals surface area contributed by atoms with E-state index in [4.69, 9.17) is 17.0 Å². The molecule has 0 bridgehead atoms. The van der Waals surface area contributed by atoms with Crippen molar-refractivity contribution in [2.45, 2.75) is 32.8 Å². The average Bonchev–Trinajstić information content (AvgIpc) is 2.11. The molecule has 13 heavy (non-hydrogen) atoms. The molecule has 2 N–H and O–H groups in total. The monoisotopic (exact) mass is 204 g/mol. The normalized spacial score (nSPS) is 11.1. The molecule has 0 unspecified atom stereocenters. The molecule has 0 heterocycles. The Kier molecular flexibility index (Phi) is 5.99. The fraction of sp³-hybridized carbons (Fsp3) is 0.889. The first-order chi connectivity index (χ1) is 6.02. The van der Waals surface area contributed by atoms with E-state index in [2.05, 4.69) is 17.6 Å². The van der Waals surface area contributed by atoms with Gasteiger partial charge in [-0.3, -0.25) is 0 Å². The molecule has 0 rings (SSSR count). The highest BCUT2D eigenvalue weighted by Crippen LogP contribution is 2.04. The van der Waals surface area contributed by atoms with Gasteiger partial charge in [-0.1, -0.05) is 6.92 Å². The van der Waals surface area contributed by atoms with Gasteiger partial charge in [-0.15, -0.1) is 0 Å². The lowest BCUT2D eigenvalue weighted by Gasteiger charge is -2.24. The fourth-order valence-electron chi connectivity index (χ4n) is 0.666. The Morgan fingerprint density at radius 2 is 2.00 bits per heavy atom. The van der Waals surface area contributed by atoms with E-state index < -0.39 is 0 Å². The molecule has 0 aliphatic heterocycles. The van der Waals surface area contributed by atoms with Gasteiger partial charge in [-0.25, -0.2) is 0 Å². The van der Waals surface area contributed by atoms with E-state index in [-0.39, 0.29) is 5.60 Å². The molecular weight excluding hydrogens is 184 g/mol. The van der Waals surface area contributed by atoms with Crippen molar-refractivity contribution in [3.8, 4) is 0 Å². The van der Waals surface area contributed by atoms with Crippen LogP contribution in [0.4, 0.5) is 0 Å². The Morgan fingerprint density at radius 1 is 1.38 bits per heavy atom. The molecule has 0 saturated heterocycles. The van der Waals surface area contributed by atoms with Gasteiger partial charge in [0.2, 0.25) is 0 Å². The minimum atomic E-state index is -0.169. The molecule has 0 fully saturated rings. The number of nitrogens with one attached hydrogen (secondary N) is 2. The van der Waals surface area contributed by atoms with Gasteiger partial charge in [0.15, 0.2) is 5.11 Å². The van der Waals surface area contributed by atoms with E-state index in [1.807, 2.05) is 13.8 Å². The summed E-state index contributed by atoms with van der Waals surface area (Å²) in [6.45, 7) is 7.78. The lowest BCUT2D eigenvalue weighted by molar-refractivity contribution is 0.0269. The zero-order chi connectivity index (χ0) is 10.3. The standard InChI is InChI=1S/C9H20N2OS/c1-5-6-10-8(13)11-7-9(2,3)12-4/h5-7H2,1-4H3,(H2,10,11,13). The predicted octanol–water partition coefficient (Wildman–Crippen LogP) is 1.29. The van der Waals surface area contributed by atoms with E-state index in [0.717, 1.165) is 19.5 Å². The predicted molar refractivity (Wildman–Crippen MR) is 60.0 cm³/mol. The van der Waals surface area contributed by atoms with Gasteiger partial charge in [0.1, 0.15) is 0 Å². The Bertz CT molecular complexity index is 160. The van der Waals surface area contributed by atoms with E-state index >= 15 is 0 Å². The van der Waals surface area contributed by atoms with E-state index in [9.17, 15) is 0 Å². The van der Waals surface area contributed by atoms with Crippen LogP contribution in [0.3, 0.4) is 0 Å². The second kappa shape index (κ2) is 6.16. The number of methoxy groups -OCH3 is 1. The third-order valence-electron chi connectivity index (χ3n) is 1.76. The molecule has 0 aliphatic rings. The molecule has 0 radical (unpaired) electrons. The quantitative estimate of drug-likeness (QED) is 0.661. The molecule has 0 aromatic heterocycles. The number of hydrogen-bond donors (Lipinski definition) is 2. The van der Waals surface area contributed by atoms with Crippen LogP contribution in [0.15, 0.2) is 0 Å². The van der Waals surface area contributed by atoms with E-state index in [1.165, 1.54) is 0 Å². The first-order valence-corrected chi connectivity index (χ1v) is 4.99. The summed E-state index contributed by atoms with van der Waals surface area (Å²) in [7, 11) is 1.70. The molecule has 0 atom stereocenters. The zero-order valence-electron chi connectivity index (χ0n) is 8.94. The third-order valence-corrected chi connectivity index (χ3v) is 2.05. The zero-order valence-corrected chi connectivity index (χ0v) is 9.75. The first kappa shape index (κ1) is 12.7. The molecule has 0 spiro atoms. The lowest BCUT2D eigenvalue weighted by atomic mass is 10.1. The average molecular weight is 204 g/mol. The molecule has 0 aromatic rings. The highest BCUT2D eigenvalue weighted by molar-refractivity contribution is 7.80. The largest absolute Gasteiger partial charge is 0.377 e. The van der Waals surface area contributed by atoms with Crippen LogP contribution in [0, 0.1) is 0 Å². The maximum absolute atomic E-state index is 5.24. The van der Waals surface area contributed by atoms with Gasteiger partial charge in [0, 0.05) is 20.2 Å². The minimum absolute atomic E-state index is 0.169. The third kappa shape index (κ3) is 6.78. The number of hydrogen-bond acceptors (Lipinski definition) is 2.